The van der Waals surface area contributed by atoms with Crippen LogP contribution in [0.2, 0.25) is 0 Å². The lowest BCUT2D eigenvalue weighted by Gasteiger charge is -2.28. The van der Waals surface area contributed by atoms with E-state index >= 15 is 0 Å². The number of aryl methyl sites for hydroxylation is 2. The zero-order valence-electron chi connectivity index (χ0n) is 18.3. The minimum atomic E-state index is 0.133. The molecule has 0 atom stereocenters. The van der Waals surface area contributed by atoms with Crippen molar-refractivity contribution in [3.8, 4) is 12.0 Å². The minimum absolute atomic E-state index is 0.133. The summed E-state index contributed by atoms with van der Waals surface area (Å²) in [5.41, 5.74) is 3.44. The first-order chi connectivity index (χ1) is 15.7. The zero-order valence-corrected chi connectivity index (χ0v) is 18.3. The molecule has 10 nitrogen and oxygen atoms in total. The maximum Gasteiger partial charge on any atom is 0.298 e. The van der Waals surface area contributed by atoms with Crippen LogP contribution in [0.4, 0.5) is 5.82 Å². The Labute approximate surface area is 185 Å². The quantitative estimate of drug-likeness (QED) is 0.504. The average Bonchev–Trinajstić information content (AvgIpc) is 3.34. The third-order valence-electron chi connectivity index (χ3n) is 6.12. The van der Waals surface area contributed by atoms with Gasteiger partial charge in [-0.3, -0.25) is 9.13 Å². The van der Waals surface area contributed by atoms with Crippen molar-refractivity contribution in [2.75, 3.05) is 44.3 Å². The number of imidazole rings is 2. The van der Waals surface area contributed by atoms with Crippen molar-refractivity contribution in [3.63, 3.8) is 0 Å². The summed E-state index contributed by atoms with van der Waals surface area (Å²) in [6.45, 7) is 6.61. The van der Waals surface area contributed by atoms with Gasteiger partial charge in [-0.2, -0.15) is 15.0 Å². The number of ether oxygens (including phenoxy) is 2. The van der Waals surface area contributed by atoms with E-state index in [1.807, 2.05) is 29.8 Å². The molecule has 0 aliphatic carbocycles. The fourth-order valence-electron chi connectivity index (χ4n) is 4.25. The summed E-state index contributed by atoms with van der Waals surface area (Å²) < 4.78 is 15.7. The molecule has 10 heteroatoms. The number of para-hydroxylation sites is 2. The number of fused-ring (bicyclic) bond motifs is 2. The van der Waals surface area contributed by atoms with Crippen molar-refractivity contribution in [2.24, 2.45) is 7.05 Å². The molecule has 5 heterocycles. The Kier molecular flexibility index (Phi) is 4.69. The molecule has 0 radical (unpaired) electrons. The Morgan fingerprint density at radius 2 is 1.91 bits per heavy atom. The smallest absolute Gasteiger partial charge is 0.298 e. The number of nitrogens with one attached hydrogen (secondary N) is 1. The molecular formula is C22H26N8O2. The molecule has 0 unspecified atom stereocenters. The highest BCUT2D eigenvalue weighted by atomic mass is 16.5. The number of rotatable bonds is 5. The van der Waals surface area contributed by atoms with Gasteiger partial charge >= 0.3 is 0 Å². The number of aromatic nitrogens is 6. The highest BCUT2D eigenvalue weighted by Gasteiger charge is 2.26. The zero-order chi connectivity index (χ0) is 21.7. The van der Waals surface area contributed by atoms with Crippen LogP contribution in [0, 0.1) is 0 Å². The third kappa shape index (κ3) is 3.09. The van der Waals surface area contributed by atoms with Gasteiger partial charge < -0.3 is 19.7 Å². The molecule has 0 spiro atoms. The van der Waals surface area contributed by atoms with Gasteiger partial charge in [-0.25, -0.2) is 4.98 Å². The van der Waals surface area contributed by atoms with Gasteiger partial charge in [-0.1, -0.05) is 19.1 Å². The first-order valence-corrected chi connectivity index (χ1v) is 11.1. The third-order valence-corrected chi connectivity index (χ3v) is 6.12. The van der Waals surface area contributed by atoms with Crippen molar-refractivity contribution in [3.05, 3.63) is 30.1 Å². The standard InChI is InChI=1S/C22H26N8O2/c1-3-17-24-15-6-4-5-7-16(15)30(17)21-26-19-18(20(27-21)29-8-10-31-11-9-29)25-22(28(19)2)32-14-12-23-13-14/h4-7,14,23H,3,8-13H2,1-2H3. The van der Waals surface area contributed by atoms with Crippen LogP contribution in [-0.2, 0) is 18.2 Å². The molecule has 2 fully saturated rings. The first-order valence-electron chi connectivity index (χ1n) is 11.1. The SMILES string of the molecule is CCc1nc2ccccc2n1-c1nc(N2CCOCC2)c2nc(OC3CNC3)n(C)c2n1. The van der Waals surface area contributed by atoms with Gasteiger partial charge in [-0.05, 0) is 12.1 Å². The second-order valence-electron chi connectivity index (χ2n) is 8.18. The summed E-state index contributed by atoms with van der Waals surface area (Å²) in [4.78, 5) is 21.8. The first kappa shape index (κ1) is 19.4. The molecule has 0 saturated carbocycles. The van der Waals surface area contributed by atoms with E-state index in [1.165, 1.54) is 0 Å². The second kappa shape index (κ2) is 7.72. The molecule has 2 aliphatic rings. The van der Waals surface area contributed by atoms with E-state index in [-0.39, 0.29) is 6.10 Å². The maximum absolute atomic E-state index is 6.11. The van der Waals surface area contributed by atoms with Gasteiger partial charge in [-0.15, -0.1) is 0 Å². The predicted molar refractivity (Wildman–Crippen MR) is 121 cm³/mol. The van der Waals surface area contributed by atoms with E-state index < -0.39 is 0 Å². The monoisotopic (exact) mass is 434 g/mol. The van der Waals surface area contributed by atoms with E-state index in [0.717, 1.165) is 66.4 Å². The number of benzene rings is 1. The minimum Gasteiger partial charge on any atom is -0.459 e. The van der Waals surface area contributed by atoms with Crippen molar-refractivity contribution < 1.29 is 9.47 Å². The second-order valence-corrected chi connectivity index (χ2v) is 8.18. The largest absolute Gasteiger partial charge is 0.459 e. The Balaban J connectivity index is 1.57. The maximum atomic E-state index is 6.11. The van der Waals surface area contributed by atoms with E-state index in [2.05, 4.69) is 27.8 Å². The lowest BCUT2D eigenvalue weighted by Crippen LogP contribution is -2.50. The highest BCUT2D eigenvalue weighted by molar-refractivity contribution is 5.86. The number of hydrogen-bond donors (Lipinski definition) is 1. The number of hydrogen-bond acceptors (Lipinski definition) is 8. The molecule has 2 saturated heterocycles. The fourth-order valence-corrected chi connectivity index (χ4v) is 4.25. The molecule has 32 heavy (non-hydrogen) atoms. The average molecular weight is 435 g/mol. The van der Waals surface area contributed by atoms with Crippen LogP contribution in [0.15, 0.2) is 24.3 Å². The molecule has 0 amide bonds. The molecule has 3 aromatic heterocycles. The molecule has 4 aromatic rings. The van der Waals surface area contributed by atoms with Crippen molar-refractivity contribution in [1.82, 2.24) is 34.4 Å². The molecule has 2 aliphatic heterocycles. The van der Waals surface area contributed by atoms with E-state index in [1.54, 1.807) is 0 Å². The van der Waals surface area contributed by atoms with Crippen LogP contribution in [0.3, 0.4) is 0 Å². The normalized spacial score (nSPS) is 17.2. The number of anilines is 1. The van der Waals surface area contributed by atoms with Gasteiger partial charge in [0.2, 0.25) is 5.95 Å². The molecule has 1 N–H and O–H groups in total. The Bertz CT molecular complexity index is 1290. The lowest BCUT2D eigenvalue weighted by atomic mass is 10.2. The Morgan fingerprint density at radius 1 is 1.09 bits per heavy atom. The molecular weight excluding hydrogens is 408 g/mol. The van der Waals surface area contributed by atoms with Gasteiger partial charge in [0.1, 0.15) is 11.9 Å². The molecule has 6 rings (SSSR count). The number of morpholine rings is 1. The summed E-state index contributed by atoms with van der Waals surface area (Å²) in [7, 11) is 1.95. The summed E-state index contributed by atoms with van der Waals surface area (Å²) in [5.74, 6) is 2.34. The van der Waals surface area contributed by atoms with Crippen LogP contribution < -0.4 is 15.0 Å². The summed E-state index contributed by atoms with van der Waals surface area (Å²) in [6.07, 6.45) is 0.909. The lowest BCUT2D eigenvalue weighted by molar-refractivity contribution is 0.122. The van der Waals surface area contributed by atoms with Crippen molar-refractivity contribution in [1.29, 1.82) is 0 Å². The number of nitrogens with zero attached hydrogens (tertiary/aromatic N) is 7. The van der Waals surface area contributed by atoms with Crippen LogP contribution >= 0.6 is 0 Å². The van der Waals surface area contributed by atoms with Gasteiger partial charge in [0.05, 0.1) is 24.2 Å². The van der Waals surface area contributed by atoms with Gasteiger partial charge in [0.15, 0.2) is 17.0 Å². The predicted octanol–water partition coefficient (Wildman–Crippen LogP) is 1.45. The summed E-state index contributed by atoms with van der Waals surface area (Å²) in [5, 5.41) is 3.23. The van der Waals surface area contributed by atoms with Gasteiger partial charge in [0, 0.05) is 39.6 Å². The molecule has 166 valence electrons. The van der Waals surface area contributed by atoms with Gasteiger partial charge in [0.25, 0.3) is 6.01 Å². The highest BCUT2D eigenvalue weighted by Crippen LogP contribution is 2.30. The Morgan fingerprint density at radius 3 is 2.66 bits per heavy atom. The summed E-state index contributed by atoms with van der Waals surface area (Å²) in [6, 6.07) is 8.67. The Hall–Kier alpha value is -3.24. The fraction of sp³-hybridized carbons (Fsp3) is 0.455. The summed E-state index contributed by atoms with van der Waals surface area (Å²) >= 11 is 0. The van der Waals surface area contributed by atoms with Crippen LogP contribution in [-0.4, -0.2) is 74.6 Å². The molecule has 0 bridgehead atoms. The topological polar surface area (TPSA) is 95.2 Å². The van der Waals surface area contributed by atoms with E-state index in [0.29, 0.717) is 25.2 Å². The molecule has 1 aromatic carbocycles. The van der Waals surface area contributed by atoms with Crippen LogP contribution in [0.5, 0.6) is 6.01 Å². The van der Waals surface area contributed by atoms with Crippen molar-refractivity contribution in [2.45, 2.75) is 19.4 Å². The van der Waals surface area contributed by atoms with E-state index in [9.17, 15) is 0 Å². The van der Waals surface area contributed by atoms with Crippen molar-refractivity contribution >= 4 is 28.0 Å². The van der Waals surface area contributed by atoms with Crippen LogP contribution in [0.1, 0.15) is 12.7 Å². The van der Waals surface area contributed by atoms with Crippen LogP contribution in [0.25, 0.3) is 28.1 Å². The van der Waals surface area contributed by atoms with E-state index in [4.69, 9.17) is 29.4 Å².